The number of hydrogen-bond donors (Lipinski definition) is 0. The maximum Gasteiger partial charge on any atom is 0.302 e. The Labute approximate surface area is 187 Å². The quantitative estimate of drug-likeness (QED) is 0.574. The van der Waals surface area contributed by atoms with Crippen molar-refractivity contribution in [2.75, 3.05) is 24.5 Å². The van der Waals surface area contributed by atoms with Crippen molar-refractivity contribution >= 4 is 11.8 Å². The van der Waals surface area contributed by atoms with Crippen LogP contribution in [-0.2, 0) is 36.1 Å². The average molecular weight is 433 g/mol. The van der Waals surface area contributed by atoms with Crippen molar-refractivity contribution in [2.45, 2.75) is 39.0 Å². The van der Waals surface area contributed by atoms with E-state index in [-0.39, 0.29) is 12.1 Å². The maximum absolute atomic E-state index is 11.4. The second-order valence-corrected chi connectivity index (χ2v) is 8.60. The van der Waals surface area contributed by atoms with E-state index in [0.717, 1.165) is 67.5 Å². The number of ether oxygens (including phenoxy) is 1. The van der Waals surface area contributed by atoms with E-state index in [9.17, 15) is 4.79 Å². The van der Waals surface area contributed by atoms with E-state index >= 15 is 0 Å². The van der Waals surface area contributed by atoms with Crippen LogP contribution in [0.25, 0.3) is 11.3 Å². The van der Waals surface area contributed by atoms with Crippen LogP contribution in [-0.4, -0.2) is 56.4 Å². The van der Waals surface area contributed by atoms with Gasteiger partial charge in [0.15, 0.2) is 5.82 Å². The molecule has 0 radical (unpaired) electrons. The molecule has 0 N–H and O–H groups in total. The van der Waals surface area contributed by atoms with Gasteiger partial charge in [-0.05, 0) is 5.56 Å². The highest BCUT2D eigenvalue weighted by Gasteiger charge is 2.30. The third kappa shape index (κ3) is 4.36. The molecule has 8 nitrogen and oxygen atoms in total. The van der Waals surface area contributed by atoms with Crippen molar-refractivity contribution in [1.82, 2.24) is 24.6 Å². The van der Waals surface area contributed by atoms with Crippen LogP contribution in [0.3, 0.4) is 0 Å². The van der Waals surface area contributed by atoms with Crippen LogP contribution in [0.5, 0.6) is 0 Å². The molecule has 5 rings (SSSR count). The van der Waals surface area contributed by atoms with Crippen molar-refractivity contribution in [2.24, 2.45) is 7.05 Å². The molecular formula is C24H28N6O2. The Hall–Kier alpha value is -3.26. The van der Waals surface area contributed by atoms with Gasteiger partial charge in [-0.15, -0.1) is 0 Å². The number of anilines is 1. The van der Waals surface area contributed by atoms with Crippen molar-refractivity contribution in [3.05, 3.63) is 59.7 Å². The monoisotopic (exact) mass is 432 g/mol. The molecule has 3 aromatic rings. The Morgan fingerprint density at radius 3 is 2.75 bits per heavy atom. The Kier molecular flexibility index (Phi) is 5.61. The molecule has 1 aromatic carbocycles. The van der Waals surface area contributed by atoms with E-state index in [2.05, 4.69) is 39.2 Å². The Bertz CT molecular complexity index is 1110. The number of fused-ring (bicyclic) bond motifs is 1. The maximum atomic E-state index is 11.4. The second kappa shape index (κ2) is 8.70. The summed E-state index contributed by atoms with van der Waals surface area (Å²) >= 11 is 0. The number of aromatic nitrogens is 4. The average Bonchev–Trinajstić information content (AvgIpc) is 3.42. The summed E-state index contributed by atoms with van der Waals surface area (Å²) in [7, 11) is 1.91. The topological polar surface area (TPSA) is 76.4 Å². The van der Waals surface area contributed by atoms with Crippen LogP contribution in [0.2, 0.25) is 0 Å². The van der Waals surface area contributed by atoms with Crippen LogP contribution in [0, 0.1) is 0 Å². The van der Waals surface area contributed by atoms with E-state index in [1.807, 2.05) is 25.5 Å². The zero-order valence-corrected chi connectivity index (χ0v) is 18.6. The minimum Gasteiger partial charge on any atom is -0.461 e. The first-order chi connectivity index (χ1) is 15.5. The van der Waals surface area contributed by atoms with Gasteiger partial charge in [-0.25, -0.2) is 9.97 Å². The largest absolute Gasteiger partial charge is 0.461 e. The lowest BCUT2D eigenvalue weighted by molar-refractivity contribution is -0.145. The lowest BCUT2D eigenvalue weighted by Crippen LogP contribution is -2.33. The minimum atomic E-state index is -0.237. The van der Waals surface area contributed by atoms with Gasteiger partial charge in [0.2, 0.25) is 0 Å². The summed E-state index contributed by atoms with van der Waals surface area (Å²) in [5.41, 5.74) is 5.20. The molecule has 0 spiro atoms. The van der Waals surface area contributed by atoms with Crippen LogP contribution >= 0.6 is 0 Å². The first kappa shape index (κ1) is 20.6. The van der Waals surface area contributed by atoms with E-state index in [0.29, 0.717) is 6.54 Å². The molecule has 8 heteroatoms. The molecule has 0 aliphatic carbocycles. The summed E-state index contributed by atoms with van der Waals surface area (Å²) in [5, 5.41) is 4.35. The van der Waals surface area contributed by atoms with E-state index in [4.69, 9.17) is 14.7 Å². The minimum absolute atomic E-state index is 0.103. The van der Waals surface area contributed by atoms with Crippen molar-refractivity contribution in [3.63, 3.8) is 0 Å². The molecule has 32 heavy (non-hydrogen) atoms. The third-order valence-electron chi connectivity index (χ3n) is 6.08. The third-order valence-corrected chi connectivity index (χ3v) is 6.08. The van der Waals surface area contributed by atoms with E-state index < -0.39 is 0 Å². The fraction of sp³-hybridized carbons (Fsp3) is 0.417. The molecule has 1 unspecified atom stereocenters. The van der Waals surface area contributed by atoms with E-state index in [1.54, 1.807) is 4.68 Å². The number of hydrogen-bond acceptors (Lipinski definition) is 7. The molecule has 2 aliphatic heterocycles. The second-order valence-electron chi connectivity index (χ2n) is 8.60. The SMILES string of the molecule is CC(=O)OC1CCN(c2nc3c(nc2-c2cnn(C)c2)CN(Cc2ccccc2)CC3)C1. The lowest BCUT2D eigenvalue weighted by Gasteiger charge is -2.29. The lowest BCUT2D eigenvalue weighted by atomic mass is 10.1. The molecule has 0 saturated carbocycles. The molecule has 4 heterocycles. The Morgan fingerprint density at radius 1 is 1.16 bits per heavy atom. The number of aryl methyl sites for hydroxylation is 1. The van der Waals surface area contributed by atoms with Crippen molar-refractivity contribution < 1.29 is 9.53 Å². The van der Waals surface area contributed by atoms with Gasteiger partial charge in [0.1, 0.15) is 11.8 Å². The molecule has 1 saturated heterocycles. The van der Waals surface area contributed by atoms with Gasteiger partial charge in [-0.3, -0.25) is 14.4 Å². The number of esters is 1. The molecule has 1 fully saturated rings. The fourth-order valence-corrected chi connectivity index (χ4v) is 4.56. The zero-order chi connectivity index (χ0) is 22.1. The summed E-state index contributed by atoms with van der Waals surface area (Å²) in [6.45, 7) is 5.53. The summed E-state index contributed by atoms with van der Waals surface area (Å²) in [6, 6.07) is 10.5. The Morgan fingerprint density at radius 2 is 2.00 bits per heavy atom. The molecule has 2 aliphatic rings. The number of rotatable bonds is 5. The number of benzene rings is 1. The highest BCUT2D eigenvalue weighted by atomic mass is 16.5. The highest BCUT2D eigenvalue weighted by molar-refractivity contribution is 5.72. The number of carbonyl (C=O) groups excluding carboxylic acids is 1. The van der Waals surface area contributed by atoms with Crippen LogP contribution < -0.4 is 4.90 Å². The normalized spacial score (nSPS) is 18.6. The van der Waals surface area contributed by atoms with Crippen LogP contribution in [0.15, 0.2) is 42.7 Å². The fourth-order valence-electron chi connectivity index (χ4n) is 4.56. The predicted molar refractivity (Wildman–Crippen MR) is 121 cm³/mol. The predicted octanol–water partition coefficient (Wildman–Crippen LogP) is 2.58. The van der Waals surface area contributed by atoms with Crippen molar-refractivity contribution in [3.8, 4) is 11.3 Å². The molecule has 0 amide bonds. The zero-order valence-electron chi connectivity index (χ0n) is 18.6. The summed E-state index contributed by atoms with van der Waals surface area (Å²) in [4.78, 5) is 26.2. The van der Waals surface area contributed by atoms with Gasteiger partial charge in [-0.1, -0.05) is 30.3 Å². The summed E-state index contributed by atoms with van der Waals surface area (Å²) in [6.07, 6.45) is 5.38. The number of carbonyl (C=O) groups is 1. The summed E-state index contributed by atoms with van der Waals surface area (Å²) in [5.74, 6) is 0.627. The van der Waals surface area contributed by atoms with Gasteiger partial charge < -0.3 is 9.64 Å². The Balaban J connectivity index is 1.44. The molecule has 2 aromatic heterocycles. The molecule has 0 bridgehead atoms. The standard InChI is InChI=1S/C24H28N6O2/c1-17(31)32-20-8-11-30(15-20)24-23(19-12-25-28(2)14-19)26-22-16-29(10-9-21(22)27-24)13-18-6-4-3-5-7-18/h3-7,12,14,20H,8-11,13,15-16H2,1-2H3. The van der Waals surface area contributed by atoms with E-state index in [1.165, 1.54) is 12.5 Å². The first-order valence-corrected chi connectivity index (χ1v) is 11.1. The highest BCUT2D eigenvalue weighted by Crippen LogP contribution is 2.33. The van der Waals surface area contributed by atoms with Gasteiger partial charge in [0.25, 0.3) is 0 Å². The molecular weight excluding hydrogens is 404 g/mol. The first-order valence-electron chi connectivity index (χ1n) is 11.1. The smallest absolute Gasteiger partial charge is 0.302 e. The van der Waals surface area contributed by atoms with Gasteiger partial charge in [0.05, 0.1) is 24.1 Å². The molecule has 166 valence electrons. The van der Waals surface area contributed by atoms with Gasteiger partial charge in [0, 0.05) is 64.8 Å². The summed E-state index contributed by atoms with van der Waals surface area (Å²) < 4.78 is 7.23. The van der Waals surface area contributed by atoms with Crippen LogP contribution in [0.1, 0.15) is 30.3 Å². The van der Waals surface area contributed by atoms with Gasteiger partial charge in [-0.2, -0.15) is 5.10 Å². The van der Waals surface area contributed by atoms with Crippen LogP contribution in [0.4, 0.5) is 5.82 Å². The molecule has 1 atom stereocenters. The van der Waals surface area contributed by atoms with Crippen molar-refractivity contribution in [1.29, 1.82) is 0 Å². The van der Waals surface area contributed by atoms with Gasteiger partial charge >= 0.3 is 5.97 Å². The number of nitrogens with zero attached hydrogens (tertiary/aromatic N) is 6.